The molecule has 1 N–H and O–H groups in total. The standard InChI is InChI=1S/C11H22N2/c1-3-13(4-2)11-6-5-9-7-12-8-10(9)11/h9-12H,3-8H2,1-2H3. The van der Waals surface area contributed by atoms with Crippen LogP contribution in [0.15, 0.2) is 0 Å². The van der Waals surface area contributed by atoms with Crippen LogP contribution in [-0.4, -0.2) is 37.1 Å². The summed E-state index contributed by atoms with van der Waals surface area (Å²) in [5, 5.41) is 3.53. The van der Waals surface area contributed by atoms with Gasteiger partial charge in [-0.05, 0) is 50.9 Å². The number of hydrogen-bond acceptors (Lipinski definition) is 2. The van der Waals surface area contributed by atoms with Crippen molar-refractivity contribution >= 4 is 0 Å². The van der Waals surface area contributed by atoms with Crippen molar-refractivity contribution in [3.8, 4) is 0 Å². The molecule has 2 aliphatic rings. The van der Waals surface area contributed by atoms with E-state index in [4.69, 9.17) is 0 Å². The molecule has 3 unspecified atom stereocenters. The van der Waals surface area contributed by atoms with Gasteiger partial charge in [0.05, 0.1) is 0 Å². The number of nitrogens with one attached hydrogen (secondary N) is 1. The summed E-state index contributed by atoms with van der Waals surface area (Å²) < 4.78 is 0. The molecule has 0 aromatic carbocycles. The minimum atomic E-state index is 0.884. The molecule has 76 valence electrons. The van der Waals surface area contributed by atoms with Crippen LogP contribution in [0, 0.1) is 11.8 Å². The van der Waals surface area contributed by atoms with Crippen LogP contribution in [-0.2, 0) is 0 Å². The molecule has 0 radical (unpaired) electrons. The first kappa shape index (κ1) is 9.47. The van der Waals surface area contributed by atoms with E-state index in [1.807, 2.05) is 0 Å². The lowest BCUT2D eigenvalue weighted by atomic mass is 9.97. The van der Waals surface area contributed by atoms with Crippen molar-refractivity contribution in [1.82, 2.24) is 10.2 Å². The quantitative estimate of drug-likeness (QED) is 0.708. The Morgan fingerprint density at radius 2 is 1.92 bits per heavy atom. The lowest BCUT2D eigenvalue weighted by Gasteiger charge is -2.30. The molecular formula is C11H22N2. The minimum absolute atomic E-state index is 0.884. The molecule has 0 bridgehead atoms. The van der Waals surface area contributed by atoms with Gasteiger partial charge in [-0.2, -0.15) is 0 Å². The smallest absolute Gasteiger partial charge is 0.0139 e. The summed E-state index contributed by atoms with van der Waals surface area (Å²) in [6.07, 6.45) is 2.90. The third kappa shape index (κ3) is 1.62. The summed E-state index contributed by atoms with van der Waals surface area (Å²) >= 11 is 0. The second kappa shape index (κ2) is 3.97. The Labute approximate surface area is 81.7 Å². The van der Waals surface area contributed by atoms with E-state index in [1.54, 1.807) is 0 Å². The Bertz CT molecular complexity index is 165. The minimum Gasteiger partial charge on any atom is -0.316 e. The normalized spacial score (nSPS) is 38.5. The summed E-state index contributed by atoms with van der Waals surface area (Å²) in [5.74, 6) is 1.95. The molecule has 1 saturated heterocycles. The fourth-order valence-electron chi connectivity index (χ4n) is 3.26. The van der Waals surface area contributed by atoms with Crippen molar-refractivity contribution in [3.05, 3.63) is 0 Å². The van der Waals surface area contributed by atoms with Crippen LogP contribution in [0.1, 0.15) is 26.7 Å². The Kier molecular flexibility index (Phi) is 2.89. The predicted molar refractivity (Wildman–Crippen MR) is 55.8 cm³/mol. The van der Waals surface area contributed by atoms with Crippen LogP contribution in [0.5, 0.6) is 0 Å². The van der Waals surface area contributed by atoms with Crippen molar-refractivity contribution in [2.75, 3.05) is 26.2 Å². The maximum Gasteiger partial charge on any atom is 0.0139 e. The van der Waals surface area contributed by atoms with Gasteiger partial charge in [0.2, 0.25) is 0 Å². The summed E-state index contributed by atoms with van der Waals surface area (Å²) in [4.78, 5) is 2.65. The van der Waals surface area contributed by atoms with E-state index in [0.717, 1.165) is 17.9 Å². The molecule has 1 heterocycles. The van der Waals surface area contributed by atoms with Crippen molar-refractivity contribution < 1.29 is 0 Å². The molecule has 2 nitrogen and oxygen atoms in total. The molecule has 2 heteroatoms. The number of hydrogen-bond donors (Lipinski definition) is 1. The molecule has 0 amide bonds. The zero-order valence-electron chi connectivity index (χ0n) is 8.92. The molecular weight excluding hydrogens is 160 g/mol. The average molecular weight is 182 g/mol. The summed E-state index contributed by atoms with van der Waals surface area (Å²) in [7, 11) is 0. The van der Waals surface area contributed by atoms with Gasteiger partial charge in [0.25, 0.3) is 0 Å². The Morgan fingerprint density at radius 1 is 1.15 bits per heavy atom. The predicted octanol–water partition coefficient (Wildman–Crippen LogP) is 1.33. The molecule has 13 heavy (non-hydrogen) atoms. The van der Waals surface area contributed by atoms with Crippen LogP contribution in [0.25, 0.3) is 0 Å². The number of rotatable bonds is 3. The molecule has 1 aliphatic carbocycles. The molecule has 2 fully saturated rings. The molecule has 3 atom stereocenters. The largest absolute Gasteiger partial charge is 0.316 e. The van der Waals surface area contributed by atoms with E-state index < -0.39 is 0 Å². The lowest BCUT2D eigenvalue weighted by molar-refractivity contribution is 0.175. The van der Waals surface area contributed by atoms with Gasteiger partial charge in [0.1, 0.15) is 0 Å². The SMILES string of the molecule is CCN(CC)C1CCC2CNCC21. The third-order valence-corrected chi connectivity index (χ3v) is 4.00. The highest BCUT2D eigenvalue weighted by atomic mass is 15.2. The summed E-state index contributed by atoms with van der Waals surface area (Å²) in [6, 6.07) is 0.884. The van der Waals surface area contributed by atoms with Crippen LogP contribution in [0.4, 0.5) is 0 Å². The summed E-state index contributed by atoms with van der Waals surface area (Å²) in [5.41, 5.74) is 0. The maximum absolute atomic E-state index is 3.53. The molecule has 1 aliphatic heterocycles. The highest BCUT2D eigenvalue weighted by Gasteiger charge is 2.40. The van der Waals surface area contributed by atoms with Crippen molar-refractivity contribution in [2.24, 2.45) is 11.8 Å². The van der Waals surface area contributed by atoms with Gasteiger partial charge >= 0.3 is 0 Å². The topological polar surface area (TPSA) is 15.3 Å². The third-order valence-electron chi connectivity index (χ3n) is 4.00. The first-order chi connectivity index (χ1) is 6.36. The van der Waals surface area contributed by atoms with E-state index >= 15 is 0 Å². The van der Waals surface area contributed by atoms with Gasteiger partial charge in [0.15, 0.2) is 0 Å². The fraction of sp³-hybridized carbons (Fsp3) is 1.00. The average Bonchev–Trinajstić information content (AvgIpc) is 2.70. The first-order valence-electron chi connectivity index (χ1n) is 5.81. The second-order valence-electron chi connectivity index (χ2n) is 4.45. The molecule has 0 aromatic heterocycles. The van der Waals surface area contributed by atoms with Crippen LogP contribution in [0.3, 0.4) is 0 Å². The zero-order chi connectivity index (χ0) is 9.26. The Balaban J connectivity index is 1.99. The second-order valence-corrected chi connectivity index (χ2v) is 4.45. The van der Waals surface area contributed by atoms with Crippen LogP contribution >= 0.6 is 0 Å². The van der Waals surface area contributed by atoms with E-state index in [-0.39, 0.29) is 0 Å². The van der Waals surface area contributed by atoms with Gasteiger partial charge in [-0.1, -0.05) is 13.8 Å². The van der Waals surface area contributed by atoms with E-state index in [0.29, 0.717) is 0 Å². The van der Waals surface area contributed by atoms with Crippen LogP contribution < -0.4 is 5.32 Å². The van der Waals surface area contributed by atoms with Gasteiger partial charge in [0, 0.05) is 6.04 Å². The van der Waals surface area contributed by atoms with Gasteiger partial charge in [-0.15, -0.1) is 0 Å². The molecule has 2 rings (SSSR count). The van der Waals surface area contributed by atoms with Crippen molar-refractivity contribution in [1.29, 1.82) is 0 Å². The van der Waals surface area contributed by atoms with Crippen molar-refractivity contribution in [2.45, 2.75) is 32.7 Å². The van der Waals surface area contributed by atoms with Gasteiger partial charge in [-0.25, -0.2) is 0 Å². The number of fused-ring (bicyclic) bond motifs is 1. The van der Waals surface area contributed by atoms with E-state index in [1.165, 1.54) is 39.0 Å². The first-order valence-corrected chi connectivity index (χ1v) is 5.81. The highest BCUT2D eigenvalue weighted by Crippen LogP contribution is 2.37. The van der Waals surface area contributed by atoms with Crippen LogP contribution in [0.2, 0.25) is 0 Å². The van der Waals surface area contributed by atoms with Gasteiger partial charge < -0.3 is 10.2 Å². The highest BCUT2D eigenvalue weighted by molar-refractivity contribution is 4.96. The van der Waals surface area contributed by atoms with Crippen molar-refractivity contribution in [3.63, 3.8) is 0 Å². The zero-order valence-corrected chi connectivity index (χ0v) is 8.92. The van der Waals surface area contributed by atoms with Gasteiger partial charge in [-0.3, -0.25) is 0 Å². The molecule has 0 spiro atoms. The van der Waals surface area contributed by atoms with E-state index in [2.05, 4.69) is 24.1 Å². The van der Waals surface area contributed by atoms with E-state index in [9.17, 15) is 0 Å². The fourth-order valence-corrected chi connectivity index (χ4v) is 3.26. The molecule has 1 saturated carbocycles. The number of nitrogens with zero attached hydrogens (tertiary/aromatic N) is 1. The Morgan fingerprint density at radius 3 is 2.62 bits per heavy atom. The summed E-state index contributed by atoms with van der Waals surface area (Å²) in [6.45, 7) is 9.58. The molecule has 0 aromatic rings. The Hall–Kier alpha value is -0.0800. The monoisotopic (exact) mass is 182 g/mol. The maximum atomic E-state index is 3.53. The lowest BCUT2D eigenvalue weighted by Crippen LogP contribution is -2.39.